The highest BCUT2D eigenvalue weighted by atomic mass is 16.3. The van der Waals surface area contributed by atoms with Gasteiger partial charge in [-0.2, -0.15) is 0 Å². The molecule has 19 aromatic rings. The normalized spacial score (nSPS) is 13.1. The molecule has 0 bridgehead atoms. The van der Waals surface area contributed by atoms with Crippen LogP contribution in [0.4, 0.5) is 0 Å². The number of rotatable bonds is 6. The van der Waals surface area contributed by atoms with Crippen molar-refractivity contribution in [2.75, 3.05) is 0 Å². The summed E-state index contributed by atoms with van der Waals surface area (Å²) in [6.45, 7) is 4.76. The number of aromatic nitrogens is 5. The van der Waals surface area contributed by atoms with Crippen molar-refractivity contribution in [1.82, 2.24) is 23.3 Å². The van der Waals surface area contributed by atoms with Crippen molar-refractivity contribution in [3.05, 3.63) is 296 Å². The van der Waals surface area contributed by atoms with E-state index in [1.54, 1.807) is 0 Å². The molecule has 0 aliphatic heterocycles. The summed E-state index contributed by atoms with van der Waals surface area (Å²) in [6.07, 6.45) is 2.01. The number of fused-ring (bicyclic) bond motifs is 19. The Morgan fingerprint density at radius 1 is 0.278 bits per heavy atom. The van der Waals surface area contributed by atoms with Crippen molar-refractivity contribution in [1.29, 1.82) is 0 Å². The summed E-state index contributed by atoms with van der Waals surface area (Å²) in [5, 5.41) is 12.9. The monoisotopic (exact) mass is 1150 g/mol. The summed E-state index contributed by atoms with van der Waals surface area (Å²) in [6, 6.07) is 103. The largest absolute Gasteiger partial charge is 0.456 e. The molecule has 0 saturated heterocycles. The van der Waals surface area contributed by atoms with Gasteiger partial charge in [-0.25, -0.2) is 0 Å². The average Bonchev–Trinajstić information content (AvgIpc) is 1.58. The van der Waals surface area contributed by atoms with Crippen LogP contribution in [-0.2, 0) is 5.41 Å². The number of hydrogen-bond acceptors (Lipinski definition) is 2. The molecule has 6 heterocycles. The van der Waals surface area contributed by atoms with Gasteiger partial charge in [0.25, 0.3) is 0 Å². The third-order valence-electron chi connectivity index (χ3n) is 20.0. The highest BCUT2D eigenvalue weighted by Crippen LogP contribution is 2.52. The number of para-hydroxylation sites is 6. The lowest BCUT2D eigenvalue weighted by Crippen LogP contribution is -2.15. The molecule has 1 aliphatic rings. The van der Waals surface area contributed by atoms with Crippen LogP contribution in [0.1, 0.15) is 25.0 Å². The molecule has 0 radical (unpaired) electrons. The molecule has 0 fully saturated rings. The van der Waals surface area contributed by atoms with E-state index in [1.807, 2.05) is 18.3 Å². The van der Waals surface area contributed by atoms with Gasteiger partial charge in [-0.05, 0) is 160 Å². The molecule has 0 N–H and O–H groups in total. The second-order valence-corrected chi connectivity index (χ2v) is 25.0. The molecule has 0 atom stereocenters. The number of nitrogens with zero attached hydrogens (tertiary/aromatic N) is 5. The lowest BCUT2D eigenvalue weighted by Gasteiger charge is -2.22. The molecule has 0 amide bonds. The first-order valence-electron chi connectivity index (χ1n) is 31.1. The van der Waals surface area contributed by atoms with Crippen molar-refractivity contribution in [3.8, 4) is 56.1 Å². The number of pyridine rings is 1. The van der Waals surface area contributed by atoms with Gasteiger partial charge in [0.2, 0.25) is 0 Å². The molecule has 6 heteroatoms. The minimum Gasteiger partial charge on any atom is -0.456 e. The second kappa shape index (κ2) is 18.2. The minimum atomic E-state index is -0.183. The van der Waals surface area contributed by atoms with Gasteiger partial charge in [-0.3, -0.25) is 4.98 Å². The van der Waals surface area contributed by atoms with Crippen LogP contribution in [0.2, 0.25) is 0 Å². The standard InChI is InChI=1S/C84H53N5O/c1-84(2)68-26-12-6-20-55(68)62-46-65-59-24-10-15-29-73(59)87(79(65)48-69(62)84)77-40-41-85-70-49-81(88-74-30-16-9-23-58(74)64-42-50(34-38-76(64)88)52-35-39-83-66(44-52)61-25-11-17-31-82(61)90-83)80(47-67(70)77)89-72-28-14-7-21-56(72)60-36-32-53(45-78(60)89)51-33-37-75-63(43-51)57-22-8-13-27-71(57)86(75)54-18-4-3-5-19-54/h3-49H,1-2H3. The zero-order chi connectivity index (χ0) is 59.1. The summed E-state index contributed by atoms with van der Waals surface area (Å²) < 4.78 is 16.2. The van der Waals surface area contributed by atoms with E-state index in [1.165, 1.54) is 81.9 Å². The van der Waals surface area contributed by atoms with E-state index in [9.17, 15) is 0 Å². The zero-order valence-electron chi connectivity index (χ0n) is 49.3. The molecule has 1 aliphatic carbocycles. The third kappa shape index (κ3) is 6.79. The fraction of sp³-hybridized carbons (Fsp3) is 0.0357. The van der Waals surface area contributed by atoms with Gasteiger partial charge in [0, 0.05) is 76.5 Å². The number of hydrogen-bond donors (Lipinski definition) is 0. The molecule has 420 valence electrons. The highest BCUT2D eigenvalue weighted by Gasteiger charge is 2.36. The summed E-state index contributed by atoms with van der Waals surface area (Å²) in [5.41, 5.74) is 25.9. The fourth-order valence-electron chi connectivity index (χ4n) is 15.9. The lowest BCUT2D eigenvalue weighted by molar-refractivity contribution is 0.661. The third-order valence-corrected chi connectivity index (χ3v) is 20.0. The molecular weight excluding hydrogens is 1090 g/mol. The van der Waals surface area contributed by atoms with Gasteiger partial charge in [-0.1, -0.05) is 178 Å². The Morgan fingerprint density at radius 2 is 0.744 bits per heavy atom. The van der Waals surface area contributed by atoms with Crippen molar-refractivity contribution in [3.63, 3.8) is 0 Å². The SMILES string of the molecule is CC1(C)c2ccccc2-c2cc3c4ccccc4n(-c4ccnc5cc(-n6c7ccccc7c7cc(-c8ccc9oc%10ccccc%10c9c8)ccc76)c(-n6c7ccccc7c7ccc(-c8ccc9c(c8)c8ccccc8n9-c8ccccc8)cc76)cc45)c3cc21. The maximum Gasteiger partial charge on any atom is 0.135 e. The van der Waals surface area contributed by atoms with Crippen LogP contribution in [0.5, 0.6) is 0 Å². The van der Waals surface area contributed by atoms with E-state index < -0.39 is 0 Å². The van der Waals surface area contributed by atoms with E-state index in [2.05, 4.69) is 299 Å². The van der Waals surface area contributed by atoms with Crippen LogP contribution >= 0.6 is 0 Å². The molecule has 6 nitrogen and oxygen atoms in total. The average molecular weight is 1150 g/mol. The topological polar surface area (TPSA) is 45.8 Å². The fourth-order valence-corrected chi connectivity index (χ4v) is 15.9. The first kappa shape index (κ1) is 49.4. The van der Waals surface area contributed by atoms with E-state index in [-0.39, 0.29) is 5.41 Å². The van der Waals surface area contributed by atoms with Crippen molar-refractivity contribution in [2.24, 2.45) is 0 Å². The number of furan rings is 1. The van der Waals surface area contributed by atoms with Gasteiger partial charge < -0.3 is 22.7 Å². The van der Waals surface area contributed by atoms with E-state index in [0.717, 1.165) is 105 Å². The van der Waals surface area contributed by atoms with Crippen LogP contribution in [0.3, 0.4) is 0 Å². The van der Waals surface area contributed by atoms with E-state index >= 15 is 0 Å². The molecule has 0 unspecified atom stereocenters. The Balaban J connectivity index is 0.863. The Morgan fingerprint density at radius 3 is 1.44 bits per heavy atom. The Hall–Kier alpha value is -11.7. The first-order chi connectivity index (χ1) is 44.4. The lowest BCUT2D eigenvalue weighted by atomic mass is 9.82. The van der Waals surface area contributed by atoms with E-state index in [4.69, 9.17) is 9.40 Å². The molecule has 20 rings (SSSR count). The minimum absolute atomic E-state index is 0.183. The molecule has 0 spiro atoms. The quantitative estimate of drug-likeness (QED) is 0.167. The Labute approximate surface area is 516 Å². The van der Waals surface area contributed by atoms with Crippen molar-refractivity contribution < 1.29 is 4.42 Å². The second-order valence-electron chi connectivity index (χ2n) is 25.0. The maximum absolute atomic E-state index is 6.31. The summed E-state index contributed by atoms with van der Waals surface area (Å²) >= 11 is 0. The zero-order valence-corrected chi connectivity index (χ0v) is 49.3. The molecule has 0 saturated carbocycles. The summed E-state index contributed by atoms with van der Waals surface area (Å²) in [4.78, 5) is 5.37. The molecule has 13 aromatic carbocycles. The van der Waals surface area contributed by atoms with Crippen LogP contribution in [0, 0.1) is 0 Å². The van der Waals surface area contributed by atoms with Gasteiger partial charge in [0.1, 0.15) is 11.2 Å². The van der Waals surface area contributed by atoms with Gasteiger partial charge >= 0.3 is 0 Å². The van der Waals surface area contributed by atoms with Gasteiger partial charge in [0.05, 0.1) is 66.7 Å². The summed E-state index contributed by atoms with van der Waals surface area (Å²) in [5.74, 6) is 0. The van der Waals surface area contributed by atoms with Crippen LogP contribution in [0.25, 0.3) is 176 Å². The van der Waals surface area contributed by atoms with E-state index in [0.29, 0.717) is 0 Å². The van der Waals surface area contributed by atoms with Gasteiger partial charge in [-0.15, -0.1) is 0 Å². The highest BCUT2D eigenvalue weighted by molar-refractivity contribution is 6.17. The molecule has 90 heavy (non-hydrogen) atoms. The van der Waals surface area contributed by atoms with Crippen molar-refractivity contribution >= 4 is 120 Å². The van der Waals surface area contributed by atoms with Crippen LogP contribution in [0.15, 0.2) is 290 Å². The molecule has 6 aromatic heterocycles. The first-order valence-corrected chi connectivity index (χ1v) is 31.1. The number of benzene rings is 13. The van der Waals surface area contributed by atoms with Crippen molar-refractivity contribution in [2.45, 2.75) is 19.3 Å². The predicted molar refractivity (Wildman–Crippen MR) is 375 cm³/mol. The van der Waals surface area contributed by atoms with Crippen LogP contribution in [-0.4, -0.2) is 23.3 Å². The van der Waals surface area contributed by atoms with Gasteiger partial charge in [0.15, 0.2) is 0 Å². The maximum atomic E-state index is 6.31. The summed E-state index contributed by atoms with van der Waals surface area (Å²) in [7, 11) is 0. The van der Waals surface area contributed by atoms with Crippen LogP contribution < -0.4 is 0 Å². The Bertz CT molecular complexity index is 6320. The molecular formula is C84H53N5O. The predicted octanol–water partition coefficient (Wildman–Crippen LogP) is 22.2. The smallest absolute Gasteiger partial charge is 0.135 e. The Kier molecular flexibility index (Phi) is 9.97.